The summed E-state index contributed by atoms with van der Waals surface area (Å²) >= 11 is 5.79. The molecule has 1 aromatic carbocycles. The molecule has 1 amide bonds. The molecule has 0 atom stereocenters. The number of rotatable bonds is 5. The maximum absolute atomic E-state index is 11.5. The molecule has 0 aliphatic heterocycles. The number of carbonyl (C=O) groups is 2. The van der Waals surface area contributed by atoms with Crippen LogP contribution >= 0.6 is 11.6 Å². The van der Waals surface area contributed by atoms with Crippen LogP contribution in [0.1, 0.15) is 0 Å². The van der Waals surface area contributed by atoms with E-state index < -0.39 is 11.9 Å². The fourth-order valence-electron chi connectivity index (χ4n) is 1.40. The minimum absolute atomic E-state index is 0.225. The summed E-state index contributed by atoms with van der Waals surface area (Å²) in [6, 6.07) is 6.89. The van der Waals surface area contributed by atoms with Gasteiger partial charge in [0.1, 0.15) is 0 Å². The van der Waals surface area contributed by atoms with Crippen LogP contribution in [0, 0.1) is 0 Å². The Labute approximate surface area is 125 Å². The number of amides is 1. The number of halogens is 1. The number of tetrazole rings is 1. The fourth-order valence-corrected chi connectivity index (χ4v) is 1.53. The zero-order valence-corrected chi connectivity index (χ0v) is 11.9. The maximum Gasteiger partial charge on any atom is 0.330 e. The van der Waals surface area contributed by atoms with Gasteiger partial charge in [-0.1, -0.05) is 11.6 Å². The van der Waals surface area contributed by atoms with Gasteiger partial charge in [-0.3, -0.25) is 4.79 Å². The molecule has 0 bridgehead atoms. The number of carbonyl (C=O) groups excluding carboxylic acids is 2. The van der Waals surface area contributed by atoms with Crippen LogP contribution in [0.2, 0.25) is 5.02 Å². The van der Waals surface area contributed by atoms with Crippen LogP contribution < -0.4 is 5.32 Å². The second kappa shape index (κ2) is 6.80. The van der Waals surface area contributed by atoms with Crippen molar-refractivity contribution >= 4 is 23.5 Å². The summed E-state index contributed by atoms with van der Waals surface area (Å²) in [6.07, 6.45) is 0. The van der Waals surface area contributed by atoms with Crippen molar-refractivity contribution < 1.29 is 14.3 Å². The summed E-state index contributed by atoms with van der Waals surface area (Å²) in [5.41, 5.74) is 0.726. The second-order valence-electron chi connectivity index (χ2n) is 3.98. The molecule has 9 heteroatoms. The first kappa shape index (κ1) is 14.9. The Bertz CT molecular complexity index is 641. The van der Waals surface area contributed by atoms with Gasteiger partial charge in [0.15, 0.2) is 13.2 Å². The molecule has 0 radical (unpaired) electrons. The lowest BCUT2D eigenvalue weighted by Gasteiger charge is -2.02. The molecule has 0 aliphatic carbocycles. The van der Waals surface area contributed by atoms with Crippen molar-refractivity contribution in [3.63, 3.8) is 0 Å². The summed E-state index contributed by atoms with van der Waals surface area (Å²) < 4.78 is 4.73. The van der Waals surface area contributed by atoms with E-state index in [0.29, 0.717) is 10.8 Å². The Morgan fingerprint density at radius 3 is 2.71 bits per heavy atom. The summed E-state index contributed by atoms with van der Waals surface area (Å²) in [4.78, 5) is 23.5. The van der Waals surface area contributed by atoms with Crippen molar-refractivity contribution in [2.45, 2.75) is 6.54 Å². The molecule has 1 N–H and O–H groups in total. The lowest BCUT2D eigenvalue weighted by atomic mass is 10.2. The first-order valence-electron chi connectivity index (χ1n) is 5.98. The van der Waals surface area contributed by atoms with Crippen molar-refractivity contribution in [3.8, 4) is 11.4 Å². The topological polar surface area (TPSA) is 99.0 Å². The summed E-state index contributed by atoms with van der Waals surface area (Å²) in [5.74, 6) is -0.652. The Kier molecular flexibility index (Phi) is 4.83. The zero-order valence-electron chi connectivity index (χ0n) is 11.1. The van der Waals surface area contributed by atoms with Gasteiger partial charge in [0.05, 0.1) is 0 Å². The third-order valence-electron chi connectivity index (χ3n) is 2.47. The zero-order chi connectivity index (χ0) is 15.2. The quantitative estimate of drug-likeness (QED) is 0.797. The smallest absolute Gasteiger partial charge is 0.330 e. The lowest BCUT2D eigenvalue weighted by Crippen LogP contribution is -2.26. The number of likely N-dealkylation sites (N-methyl/N-ethyl adjacent to an activating group) is 1. The molecule has 8 nitrogen and oxygen atoms in total. The minimum atomic E-state index is -0.626. The van der Waals surface area contributed by atoms with E-state index in [0.717, 1.165) is 10.4 Å². The summed E-state index contributed by atoms with van der Waals surface area (Å²) in [5, 5.41) is 14.6. The molecular weight excluding hydrogens is 298 g/mol. The van der Waals surface area contributed by atoms with Gasteiger partial charge in [-0.05, 0) is 29.5 Å². The molecule has 2 rings (SSSR count). The van der Waals surface area contributed by atoms with E-state index in [2.05, 4.69) is 20.7 Å². The van der Waals surface area contributed by atoms with Crippen molar-refractivity contribution in [1.29, 1.82) is 0 Å². The normalized spacial score (nSPS) is 10.2. The monoisotopic (exact) mass is 309 g/mol. The molecular formula is C12H12ClN5O3. The molecule has 21 heavy (non-hydrogen) atoms. The van der Waals surface area contributed by atoms with Crippen molar-refractivity contribution in [3.05, 3.63) is 29.3 Å². The van der Waals surface area contributed by atoms with E-state index >= 15 is 0 Å². The largest absolute Gasteiger partial charge is 0.454 e. The van der Waals surface area contributed by atoms with Gasteiger partial charge in [0, 0.05) is 17.6 Å². The summed E-state index contributed by atoms with van der Waals surface area (Å²) in [6.45, 7) is -0.564. The Balaban J connectivity index is 1.95. The van der Waals surface area contributed by atoms with Gasteiger partial charge in [0.2, 0.25) is 5.82 Å². The number of aromatic nitrogens is 4. The first-order valence-corrected chi connectivity index (χ1v) is 6.36. The molecule has 0 fully saturated rings. The highest BCUT2D eigenvalue weighted by atomic mass is 35.5. The fraction of sp³-hybridized carbons (Fsp3) is 0.250. The predicted octanol–water partition coefficient (Wildman–Crippen LogP) is 0.283. The second-order valence-corrected chi connectivity index (χ2v) is 4.42. The van der Waals surface area contributed by atoms with Gasteiger partial charge < -0.3 is 10.1 Å². The van der Waals surface area contributed by atoms with Crippen LogP contribution in [-0.2, 0) is 20.9 Å². The number of esters is 1. The molecule has 0 unspecified atom stereocenters. The van der Waals surface area contributed by atoms with Crippen molar-refractivity contribution in [2.24, 2.45) is 0 Å². The number of ether oxygens (including phenoxy) is 1. The minimum Gasteiger partial charge on any atom is -0.454 e. The van der Waals surface area contributed by atoms with E-state index in [1.165, 1.54) is 7.05 Å². The molecule has 0 saturated heterocycles. The number of hydrogen-bond donors (Lipinski definition) is 1. The number of nitrogens with zero attached hydrogens (tertiary/aromatic N) is 4. The molecule has 0 aliphatic rings. The van der Waals surface area contributed by atoms with Crippen LogP contribution in [0.5, 0.6) is 0 Å². The van der Waals surface area contributed by atoms with Crippen LogP contribution in [0.3, 0.4) is 0 Å². The molecule has 110 valence electrons. The maximum atomic E-state index is 11.5. The summed E-state index contributed by atoms with van der Waals surface area (Å²) in [7, 11) is 1.45. The highest BCUT2D eigenvalue weighted by Crippen LogP contribution is 2.16. The first-order chi connectivity index (χ1) is 10.1. The molecule has 0 spiro atoms. The van der Waals surface area contributed by atoms with Gasteiger partial charge >= 0.3 is 5.97 Å². The van der Waals surface area contributed by atoms with Crippen LogP contribution in [0.15, 0.2) is 24.3 Å². The van der Waals surface area contributed by atoms with E-state index in [1.54, 1.807) is 24.3 Å². The molecule has 2 aromatic rings. The Hall–Kier alpha value is -2.48. The van der Waals surface area contributed by atoms with E-state index in [9.17, 15) is 9.59 Å². The SMILES string of the molecule is CNC(=O)COC(=O)Cn1nnc(-c2ccc(Cl)cc2)n1. The van der Waals surface area contributed by atoms with Crippen LogP contribution in [-0.4, -0.2) is 45.7 Å². The van der Waals surface area contributed by atoms with E-state index in [4.69, 9.17) is 16.3 Å². The number of benzene rings is 1. The average molecular weight is 310 g/mol. The van der Waals surface area contributed by atoms with E-state index in [1.807, 2.05) is 0 Å². The van der Waals surface area contributed by atoms with Crippen molar-refractivity contribution in [2.75, 3.05) is 13.7 Å². The highest BCUT2D eigenvalue weighted by molar-refractivity contribution is 6.30. The molecule has 1 aromatic heterocycles. The Morgan fingerprint density at radius 2 is 2.05 bits per heavy atom. The third-order valence-corrected chi connectivity index (χ3v) is 2.72. The Morgan fingerprint density at radius 1 is 1.33 bits per heavy atom. The third kappa shape index (κ3) is 4.25. The molecule has 1 heterocycles. The van der Waals surface area contributed by atoms with Crippen LogP contribution in [0.4, 0.5) is 0 Å². The van der Waals surface area contributed by atoms with Gasteiger partial charge in [-0.15, -0.1) is 10.2 Å². The van der Waals surface area contributed by atoms with Gasteiger partial charge in [-0.25, -0.2) is 4.79 Å². The van der Waals surface area contributed by atoms with Crippen molar-refractivity contribution in [1.82, 2.24) is 25.5 Å². The number of nitrogens with one attached hydrogen (secondary N) is 1. The van der Waals surface area contributed by atoms with E-state index in [-0.39, 0.29) is 13.2 Å². The molecule has 0 saturated carbocycles. The van der Waals surface area contributed by atoms with Gasteiger partial charge in [-0.2, -0.15) is 4.80 Å². The predicted molar refractivity (Wildman–Crippen MR) is 73.3 cm³/mol. The standard InChI is InChI=1S/C12H12ClN5O3/c1-14-10(19)7-21-11(20)6-18-16-12(15-17-18)8-2-4-9(13)5-3-8/h2-5H,6-7H2,1H3,(H,14,19). The lowest BCUT2D eigenvalue weighted by molar-refractivity contribution is -0.149. The van der Waals surface area contributed by atoms with Gasteiger partial charge in [0.25, 0.3) is 5.91 Å². The van der Waals surface area contributed by atoms with Crippen LogP contribution in [0.25, 0.3) is 11.4 Å². The average Bonchev–Trinajstić information content (AvgIpc) is 2.94. The highest BCUT2D eigenvalue weighted by Gasteiger charge is 2.11. The number of hydrogen-bond acceptors (Lipinski definition) is 6.